The maximum atomic E-state index is 17.5. The third-order valence-electron chi connectivity index (χ3n) is 11.2. The van der Waals surface area contributed by atoms with Crippen molar-refractivity contribution in [3.05, 3.63) is 153 Å². The molecule has 4 N–H and O–H groups in total. The maximum Gasteiger partial charge on any atom is 0.459 e. The van der Waals surface area contributed by atoms with Crippen LogP contribution in [0.2, 0.25) is 0 Å². The SMILES string of the molecule is O=C(O)c1cc2c(cc1C(=O)O)C(c1ccccc1)(C(F)(F)C(F)(F)C(F)(F)F)c1cc3c(cc1O2)Oc1cc(C(=O)O)c(C(=O)O)cc1C3(c1ccccc1)C(F)(F)C(F)(F)C(F)(F)F. The first kappa shape index (κ1) is 46.6. The van der Waals surface area contributed by atoms with E-state index in [1.807, 2.05) is 0 Å². The van der Waals surface area contributed by atoms with E-state index >= 15 is 35.1 Å². The van der Waals surface area contributed by atoms with E-state index in [0.717, 1.165) is 36.4 Å². The fourth-order valence-electron chi connectivity index (χ4n) is 8.33. The highest BCUT2D eigenvalue weighted by atomic mass is 19.4. The molecule has 5 aromatic carbocycles. The van der Waals surface area contributed by atoms with E-state index in [9.17, 15) is 65.9 Å². The lowest BCUT2D eigenvalue weighted by Crippen LogP contribution is -2.64. The zero-order chi connectivity index (χ0) is 49.1. The molecule has 2 aliphatic rings. The van der Waals surface area contributed by atoms with Crippen molar-refractivity contribution >= 4 is 23.9 Å². The third-order valence-corrected chi connectivity index (χ3v) is 11.2. The van der Waals surface area contributed by atoms with Gasteiger partial charge in [0.2, 0.25) is 0 Å². The number of fused-ring (bicyclic) bond motifs is 4. The largest absolute Gasteiger partial charge is 0.478 e. The van der Waals surface area contributed by atoms with Crippen LogP contribution in [0, 0.1) is 0 Å². The Labute approximate surface area is 356 Å². The van der Waals surface area contributed by atoms with E-state index in [2.05, 4.69) is 0 Å². The predicted octanol–water partition coefficient (Wildman–Crippen LogP) is 11.0. The summed E-state index contributed by atoms with van der Waals surface area (Å²) in [4.78, 5) is 49.3. The molecular formula is C42H20F14O10. The topological polar surface area (TPSA) is 168 Å². The van der Waals surface area contributed by atoms with Gasteiger partial charge in [0.25, 0.3) is 0 Å². The fourth-order valence-corrected chi connectivity index (χ4v) is 8.33. The number of carbonyl (C=O) groups is 4. The minimum atomic E-state index is -7.34. The monoisotopic (exact) mass is 950 g/mol. The van der Waals surface area contributed by atoms with E-state index in [-0.39, 0.29) is 36.4 Å². The number of hydrogen-bond donors (Lipinski definition) is 4. The Kier molecular flexibility index (Phi) is 10.3. The van der Waals surface area contributed by atoms with Crippen LogP contribution >= 0.6 is 0 Å². The number of carboxylic acids is 4. The summed E-state index contributed by atoms with van der Waals surface area (Å²) < 4.78 is 232. The van der Waals surface area contributed by atoms with E-state index < -0.39 is 149 Å². The van der Waals surface area contributed by atoms with Crippen LogP contribution in [0.25, 0.3) is 0 Å². The molecule has 0 saturated carbocycles. The van der Waals surface area contributed by atoms with Crippen LogP contribution in [0.4, 0.5) is 61.5 Å². The van der Waals surface area contributed by atoms with Crippen molar-refractivity contribution in [1.82, 2.24) is 0 Å². The van der Waals surface area contributed by atoms with Gasteiger partial charge in [-0.1, -0.05) is 60.7 Å². The quantitative estimate of drug-likeness (QED) is 0.0989. The number of carboxylic acid groups (broad SMARTS) is 4. The molecule has 66 heavy (non-hydrogen) atoms. The maximum absolute atomic E-state index is 17.5. The summed E-state index contributed by atoms with van der Waals surface area (Å²) in [6, 6.07) is 6.23. The van der Waals surface area contributed by atoms with E-state index in [1.54, 1.807) is 0 Å². The number of rotatable bonds is 10. The van der Waals surface area contributed by atoms with Crippen LogP contribution in [0.15, 0.2) is 97.1 Å². The van der Waals surface area contributed by atoms with E-state index in [4.69, 9.17) is 9.47 Å². The fraction of sp³-hybridized carbons (Fsp3) is 0.190. The van der Waals surface area contributed by atoms with Gasteiger partial charge in [-0.2, -0.15) is 61.5 Å². The van der Waals surface area contributed by atoms with Crippen molar-refractivity contribution in [2.75, 3.05) is 0 Å². The highest BCUT2D eigenvalue weighted by Crippen LogP contribution is 2.69. The first-order valence-corrected chi connectivity index (χ1v) is 18.0. The highest BCUT2D eigenvalue weighted by molar-refractivity contribution is 6.03. The molecule has 0 bridgehead atoms. The van der Waals surface area contributed by atoms with Crippen molar-refractivity contribution in [2.45, 2.75) is 46.9 Å². The molecular weight excluding hydrogens is 930 g/mol. The summed E-state index contributed by atoms with van der Waals surface area (Å²) in [7, 11) is 0. The van der Waals surface area contributed by atoms with Gasteiger partial charge in [-0.25, -0.2) is 19.2 Å². The number of alkyl halides is 14. The van der Waals surface area contributed by atoms with Crippen LogP contribution in [-0.2, 0) is 10.8 Å². The lowest BCUT2D eigenvalue weighted by molar-refractivity contribution is -0.364. The standard InChI is InChI=1S/C42H20F14O10/c43-37(44,39(47,48)41(51,52)53)35(17-7-3-1-4-8-17)23-11-19(31(57)58)21(33(61)62)13-27(23)65-29-16-30-26(15-25(29)35)36(18-9-5-2-6-10-18,38(45,46)40(49,50)42(54,55)56)24-12-20(32(59)60)22(34(63)64)14-28(24)66-30/h1-16H,(H,57,58)(H,59,60)(H,61,62)(H,63,64). The molecule has 2 atom stereocenters. The molecule has 5 aromatic rings. The predicted molar refractivity (Wildman–Crippen MR) is 192 cm³/mol. The Morgan fingerprint density at radius 3 is 0.909 bits per heavy atom. The number of ether oxygens (including phenoxy) is 2. The zero-order valence-electron chi connectivity index (χ0n) is 31.8. The smallest absolute Gasteiger partial charge is 0.459 e. The molecule has 2 heterocycles. The lowest BCUT2D eigenvalue weighted by Gasteiger charge is -2.50. The van der Waals surface area contributed by atoms with Crippen LogP contribution < -0.4 is 9.47 Å². The molecule has 0 radical (unpaired) electrons. The van der Waals surface area contributed by atoms with Crippen molar-refractivity contribution < 1.29 is 111 Å². The number of halogens is 14. The number of benzene rings is 5. The third kappa shape index (κ3) is 6.01. The van der Waals surface area contributed by atoms with Crippen LogP contribution in [0.3, 0.4) is 0 Å². The first-order chi connectivity index (χ1) is 30.3. The highest BCUT2D eigenvalue weighted by Gasteiger charge is 2.83. The van der Waals surface area contributed by atoms with Gasteiger partial charge >= 0.3 is 59.9 Å². The molecule has 0 amide bonds. The van der Waals surface area contributed by atoms with Gasteiger partial charge in [0.15, 0.2) is 0 Å². The Bertz CT molecular complexity index is 2690. The molecule has 2 unspecified atom stereocenters. The van der Waals surface area contributed by atoms with Gasteiger partial charge < -0.3 is 29.9 Å². The van der Waals surface area contributed by atoms with Gasteiger partial charge in [0.1, 0.15) is 33.8 Å². The average molecular weight is 951 g/mol. The Balaban J connectivity index is 1.81. The number of aromatic carboxylic acids is 4. The molecule has 7 rings (SSSR count). The van der Waals surface area contributed by atoms with Crippen LogP contribution in [0.1, 0.15) is 74.8 Å². The second-order valence-electron chi connectivity index (χ2n) is 14.6. The molecule has 24 heteroatoms. The number of hydrogen-bond acceptors (Lipinski definition) is 6. The molecule has 346 valence electrons. The first-order valence-electron chi connectivity index (χ1n) is 18.0. The Morgan fingerprint density at radius 2 is 0.636 bits per heavy atom. The summed E-state index contributed by atoms with van der Waals surface area (Å²) in [6.07, 6.45) is -14.6. The van der Waals surface area contributed by atoms with E-state index in [1.165, 1.54) is 0 Å². The lowest BCUT2D eigenvalue weighted by atomic mass is 9.58. The van der Waals surface area contributed by atoms with Crippen LogP contribution in [0.5, 0.6) is 23.0 Å². The average Bonchev–Trinajstić information content (AvgIpc) is 3.22. The minimum absolute atomic E-state index is 0.0621. The summed E-state index contributed by atoms with van der Waals surface area (Å²) in [5.74, 6) is -43.4. The summed E-state index contributed by atoms with van der Waals surface area (Å²) in [6.45, 7) is 0. The van der Waals surface area contributed by atoms with E-state index in [0.29, 0.717) is 24.3 Å². The van der Waals surface area contributed by atoms with Crippen molar-refractivity contribution in [1.29, 1.82) is 0 Å². The molecule has 0 aromatic heterocycles. The summed E-state index contributed by atoms with van der Waals surface area (Å²) in [5.41, 5.74) is -25.8. The van der Waals surface area contributed by atoms with Gasteiger partial charge in [-0.3, -0.25) is 0 Å². The normalized spacial score (nSPS) is 18.4. The van der Waals surface area contributed by atoms with Gasteiger partial charge in [0.05, 0.1) is 22.3 Å². The van der Waals surface area contributed by atoms with Crippen molar-refractivity contribution in [3.8, 4) is 23.0 Å². The molecule has 0 aliphatic carbocycles. The molecule has 2 aliphatic heterocycles. The van der Waals surface area contributed by atoms with Gasteiger partial charge in [-0.15, -0.1) is 0 Å². The summed E-state index contributed by atoms with van der Waals surface area (Å²) in [5, 5.41) is 39.6. The Morgan fingerprint density at radius 1 is 0.379 bits per heavy atom. The molecule has 10 nitrogen and oxygen atoms in total. The minimum Gasteiger partial charge on any atom is -0.478 e. The van der Waals surface area contributed by atoms with Gasteiger partial charge in [0, 0.05) is 28.3 Å². The van der Waals surface area contributed by atoms with Crippen LogP contribution in [-0.4, -0.2) is 80.3 Å². The van der Waals surface area contributed by atoms with Gasteiger partial charge in [-0.05, 0) is 41.5 Å². The second-order valence-corrected chi connectivity index (χ2v) is 14.6. The summed E-state index contributed by atoms with van der Waals surface area (Å²) >= 11 is 0. The molecule has 0 saturated heterocycles. The second kappa shape index (κ2) is 14.6. The van der Waals surface area contributed by atoms with Crippen molar-refractivity contribution in [3.63, 3.8) is 0 Å². The molecule has 0 spiro atoms. The zero-order valence-corrected chi connectivity index (χ0v) is 31.8. The van der Waals surface area contributed by atoms with Crippen molar-refractivity contribution in [2.24, 2.45) is 0 Å². The Hall–Kier alpha value is -7.40. The molecule has 0 fully saturated rings.